The number of hydrogen-bond donors (Lipinski definition) is 3. The van der Waals surface area contributed by atoms with Gasteiger partial charge in [0.15, 0.2) is 0 Å². The van der Waals surface area contributed by atoms with Crippen molar-refractivity contribution in [2.45, 2.75) is 20.3 Å². The van der Waals surface area contributed by atoms with Gasteiger partial charge in [0.05, 0.1) is 0 Å². The second kappa shape index (κ2) is 9.36. The molecule has 0 saturated carbocycles. The molecule has 0 bridgehead atoms. The summed E-state index contributed by atoms with van der Waals surface area (Å²) in [5.74, 6) is -0.478. The normalized spacial score (nSPS) is 10.1. The van der Waals surface area contributed by atoms with E-state index in [4.69, 9.17) is 0 Å². The predicted octanol–water partition coefficient (Wildman–Crippen LogP) is 2.50. The van der Waals surface area contributed by atoms with Crippen LogP contribution in [-0.2, 0) is 4.79 Å². The first-order valence-corrected chi connectivity index (χ1v) is 8.52. The summed E-state index contributed by atoms with van der Waals surface area (Å²) in [6.45, 7) is 4.48. The van der Waals surface area contributed by atoms with Crippen LogP contribution in [0.25, 0.3) is 0 Å². The third-order valence-electron chi connectivity index (χ3n) is 3.77. The molecular formula is C20H23N3O3. The van der Waals surface area contributed by atoms with Crippen LogP contribution in [-0.4, -0.2) is 30.8 Å². The minimum Gasteiger partial charge on any atom is -0.354 e. The van der Waals surface area contributed by atoms with Gasteiger partial charge in [0.2, 0.25) is 5.91 Å². The molecule has 3 N–H and O–H groups in total. The van der Waals surface area contributed by atoms with Gasteiger partial charge in [0.25, 0.3) is 11.8 Å². The van der Waals surface area contributed by atoms with Gasteiger partial charge in [-0.15, -0.1) is 0 Å². The second-order valence-electron chi connectivity index (χ2n) is 5.86. The lowest BCUT2D eigenvalue weighted by molar-refractivity contribution is -0.120. The highest BCUT2D eigenvalue weighted by atomic mass is 16.2. The molecule has 0 unspecified atom stereocenters. The third-order valence-corrected chi connectivity index (χ3v) is 3.77. The zero-order valence-corrected chi connectivity index (χ0v) is 15.0. The molecule has 2 rings (SSSR count). The van der Waals surface area contributed by atoms with Crippen molar-refractivity contribution in [3.63, 3.8) is 0 Å². The topological polar surface area (TPSA) is 87.3 Å². The third kappa shape index (κ3) is 5.73. The van der Waals surface area contributed by atoms with E-state index >= 15 is 0 Å². The molecule has 0 fully saturated rings. The molecular weight excluding hydrogens is 330 g/mol. The Hall–Kier alpha value is -3.15. The molecule has 0 saturated heterocycles. The van der Waals surface area contributed by atoms with E-state index in [2.05, 4.69) is 16.0 Å². The fourth-order valence-corrected chi connectivity index (χ4v) is 2.22. The van der Waals surface area contributed by atoms with Crippen molar-refractivity contribution >= 4 is 23.4 Å². The number of hydrogen-bond acceptors (Lipinski definition) is 3. The van der Waals surface area contributed by atoms with Crippen LogP contribution in [0.3, 0.4) is 0 Å². The Morgan fingerprint density at radius 3 is 1.92 bits per heavy atom. The summed E-state index contributed by atoms with van der Waals surface area (Å²) in [5, 5.41) is 8.21. The largest absolute Gasteiger partial charge is 0.354 e. The van der Waals surface area contributed by atoms with Gasteiger partial charge in [-0.3, -0.25) is 14.4 Å². The molecule has 0 radical (unpaired) electrons. The van der Waals surface area contributed by atoms with E-state index in [0.29, 0.717) is 36.3 Å². The molecule has 6 nitrogen and oxygen atoms in total. The molecule has 0 aliphatic rings. The zero-order valence-electron chi connectivity index (χ0n) is 15.0. The lowest BCUT2D eigenvalue weighted by Crippen LogP contribution is -2.34. The SMILES string of the molecule is CCC(=O)NCCNC(=O)c1ccc(NC(=O)c2ccc(C)cc2)cc1. The average Bonchev–Trinajstić information content (AvgIpc) is 2.65. The van der Waals surface area contributed by atoms with Crippen LogP contribution in [0.5, 0.6) is 0 Å². The number of carbonyl (C=O) groups excluding carboxylic acids is 3. The highest BCUT2D eigenvalue weighted by Gasteiger charge is 2.08. The lowest BCUT2D eigenvalue weighted by Gasteiger charge is -2.08. The molecule has 136 valence electrons. The fourth-order valence-electron chi connectivity index (χ4n) is 2.22. The lowest BCUT2D eigenvalue weighted by atomic mass is 10.1. The van der Waals surface area contributed by atoms with Gasteiger partial charge in [0, 0.05) is 36.3 Å². The fraction of sp³-hybridized carbons (Fsp3) is 0.250. The molecule has 26 heavy (non-hydrogen) atoms. The zero-order chi connectivity index (χ0) is 18.9. The number of amides is 3. The molecule has 0 aliphatic carbocycles. The Balaban J connectivity index is 1.85. The van der Waals surface area contributed by atoms with Gasteiger partial charge < -0.3 is 16.0 Å². The molecule has 2 aromatic rings. The van der Waals surface area contributed by atoms with Crippen LogP contribution in [0.15, 0.2) is 48.5 Å². The van der Waals surface area contributed by atoms with E-state index in [0.717, 1.165) is 5.56 Å². The maximum atomic E-state index is 12.2. The molecule has 0 atom stereocenters. The average molecular weight is 353 g/mol. The first-order valence-electron chi connectivity index (χ1n) is 8.52. The predicted molar refractivity (Wildman–Crippen MR) is 101 cm³/mol. The molecule has 0 aromatic heterocycles. The van der Waals surface area contributed by atoms with Gasteiger partial charge in [0.1, 0.15) is 0 Å². The first kappa shape index (κ1) is 19.2. The van der Waals surface area contributed by atoms with Crippen molar-refractivity contribution in [1.29, 1.82) is 0 Å². The Morgan fingerprint density at radius 1 is 0.769 bits per heavy atom. The summed E-state index contributed by atoms with van der Waals surface area (Å²) in [6, 6.07) is 13.9. The van der Waals surface area contributed by atoms with Crippen LogP contribution in [0, 0.1) is 6.92 Å². The number of anilines is 1. The van der Waals surface area contributed by atoms with E-state index in [9.17, 15) is 14.4 Å². The Morgan fingerprint density at radius 2 is 1.31 bits per heavy atom. The van der Waals surface area contributed by atoms with E-state index in [1.165, 1.54) is 0 Å². The van der Waals surface area contributed by atoms with Crippen molar-refractivity contribution in [3.8, 4) is 0 Å². The number of nitrogens with one attached hydrogen (secondary N) is 3. The number of aryl methyl sites for hydroxylation is 1. The smallest absolute Gasteiger partial charge is 0.255 e. The van der Waals surface area contributed by atoms with Crippen LogP contribution >= 0.6 is 0 Å². The van der Waals surface area contributed by atoms with Crippen LogP contribution < -0.4 is 16.0 Å². The van der Waals surface area contributed by atoms with Crippen LogP contribution in [0.1, 0.15) is 39.6 Å². The minimum absolute atomic E-state index is 0.0482. The van der Waals surface area contributed by atoms with Gasteiger partial charge in [-0.2, -0.15) is 0 Å². The molecule has 2 aromatic carbocycles. The monoisotopic (exact) mass is 353 g/mol. The van der Waals surface area contributed by atoms with Gasteiger partial charge in [-0.05, 0) is 43.3 Å². The molecule has 0 spiro atoms. The van der Waals surface area contributed by atoms with Crippen LogP contribution in [0.2, 0.25) is 0 Å². The van der Waals surface area contributed by atoms with E-state index in [1.807, 2.05) is 19.1 Å². The van der Waals surface area contributed by atoms with E-state index in [-0.39, 0.29) is 17.7 Å². The highest BCUT2D eigenvalue weighted by Crippen LogP contribution is 2.12. The van der Waals surface area contributed by atoms with Gasteiger partial charge in [-0.1, -0.05) is 24.6 Å². The summed E-state index contributed by atoms with van der Waals surface area (Å²) in [4.78, 5) is 35.3. The number of benzene rings is 2. The Kier molecular flexibility index (Phi) is 6.91. The van der Waals surface area contributed by atoms with E-state index in [1.54, 1.807) is 43.3 Å². The maximum Gasteiger partial charge on any atom is 0.255 e. The minimum atomic E-state index is -0.229. The van der Waals surface area contributed by atoms with E-state index < -0.39 is 0 Å². The second-order valence-corrected chi connectivity index (χ2v) is 5.86. The van der Waals surface area contributed by atoms with Crippen molar-refractivity contribution in [2.75, 3.05) is 18.4 Å². The van der Waals surface area contributed by atoms with Crippen molar-refractivity contribution < 1.29 is 14.4 Å². The molecule has 0 heterocycles. The Bertz CT molecular complexity index is 768. The summed E-state index contributed by atoms with van der Waals surface area (Å²) in [5.41, 5.74) is 2.76. The summed E-state index contributed by atoms with van der Waals surface area (Å²) in [7, 11) is 0. The standard InChI is InChI=1S/C20H23N3O3/c1-3-18(24)21-12-13-22-19(25)15-8-10-17(11-9-15)23-20(26)16-6-4-14(2)5-7-16/h4-11H,3,12-13H2,1-2H3,(H,21,24)(H,22,25)(H,23,26). The quantitative estimate of drug-likeness (QED) is 0.669. The first-order chi connectivity index (χ1) is 12.5. The van der Waals surface area contributed by atoms with Crippen molar-refractivity contribution in [3.05, 3.63) is 65.2 Å². The van der Waals surface area contributed by atoms with Crippen molar-refractivity contribution in [1.82, 2.24) is 10.6 Å². The molecule has 6 heteroatoms. The molecule has 3 amide bonds. The van der Waals surface area contributed by atoms with Crippen LogP contribution in [0.4, 0.5) is 5.69 Å². The number of carbonyl (C=O) groups is 3. The number of rotatable bonds is 7. The summed E-state index contributed by atoms with van der Waals surface area (Å²) < 4.78 is 0. The highest BCUT2D eigenvalue weighted by molar-refractivity contribution is 6.04. The van der Waals surface area contributed by atoms with Crippen molar-refractivity contribution in [2.24, 2.45) is 0 Å². The summed E-state index contributed by atoms with van der Waals surface area (Å²) >= 11 is 0. The van der Waals surface area contributed by atoms with Gasteiger partial charge >= 0.3 is 0 Å². The van der Waals surface area contributed by atoms with Gasteiger partial charge in [-0.25, -0.2) is 0 Å². The molecule has 0 aliphatic heterocycles. The summed E-state index contributed by atoms with van der Waals surface area (Å²) in [6.07, 6.45) is 0.420. The maximum absolute atomic E-state index is 12.2. The Labute approximate surface area is 153 Å².